The lowest BCUT2D eigenvalue weighted by atomic mass is 10.0. The summed E-state index contributed by atoms with van der Waals surface area (Å²) in [6.07, 6.45) is 66.0. The van der Waals surface area contributed by atoms with Crippen molar-refractivity contribution in [3.05, 3.63) is 24.3 Å². The van der Waals surface area contributed by atoms with E-state index < -0.39 is 6.10 Å². The Bertz CT molecular complexity index is 1080. The first kappa shape index (κ1) is 64.9. The maximum absolute atomic E-state index is 12.9. The van der Waals surface area contributed by atoms with Gasteiger partial charge in [0.05, 0.1) is 0 Å². The summed E-state index contributed by atoms with van der Waals surface area (Å²) in [6, 6.07) is 0. The summed E-state index contributed by atoms with van der Waals surface area (Å²) in [5, 5.41) is 0. The van der Waals surface area contributed by atoms with Gasteiger partial charge in [0.2, 0.25) is 0 Å². The van der Waals surface area contributed by atoms with Gasteiger partial charge in [0.15, 0.2) is 6.10 Å². The van der Waals surface area contributed by atoms with Gasteiger partial charge < -0.3 is 14.2 Å². The first-order valence-corrected chi connectivity index (χ1v) is 29.8. The summed E-state index contributed by atoms with van der Waals surface area (Å²) in [7, 11) is 0. The molecule has 0 aliphatic carbocycles. The van der Waals surface area contributed by atoms with E-state index in [2.05, 4.69) is 45.1 Å². The minimum atomic E-state index is -0.767. The molecule has 0 bridgehead atoms. The highest BCUT2D eigenvalue weighted by Gasteiger charge is 2.19. The highest BCUT2D eigenvalue weighted by Crippen LogP contribution is 2.17. The summed E-state index contributed by atoms with van der Waals surface area (Å²) in [4.78, 5) is 38.1. The molecule has 0 amide bonds. The van der Waals surface area contributed by atoms with Crippen LogP contribution in [-0.4, -0.2) is 37.2 Å². The number of esters is 3. The van der Waals surface area contributed by atoms with E-state index in [0.29, 0.717) is 19.3 Å². The van der Waals surface area contributed by atoms with Crippen LogP contribution in [0.5, 0.6) is 0 Å². The third-order valence-corrected chi connectivity index (χ3v) is 13.5. The number of carbonyl (C=O) groups is 3. The van der Waals surface area contributed by atoms with Gasteiger partial charge in [0.1, 0.15) is 13.2 Å². The average Bonchev–Trinajstić information content (AvgIpc) is 3.33. The fraction of sp³-hybridized carbons (Fsp3) is 0.885. The van der Waals surface area contributed by atoms with Gasteiger partial charge in [0.25, 0.3) is 0 Å². The zero-order valence-electron chi connectivity index (χ0n) is 45.2. The SMILES string of the molecule is CCCCCCC/C=C\C/C=C\CCCCCCCCCCCC(=O)OCC(COC(=O)CCCCCCCCCCCC)OC(=O)CCCCCCCCCCCCCCCCCCCC. The number of hydrogen-bond donors (Lipinski definition) is 0. The standard InChI is InChI=1S/C61H114O6/c1-4-7-10-13-16-19-22-24-26-28-30-31-32-34-35-37-39-42-45-48-51-54-60(63)66-57-58(56-65-59(62)53-50-47-44-41-21-18-15-12-9-6-3)67-61(64)55-52-49-46-43-40-38-36-33-29-27-25-23-20-17-14-11-8-5-2/h22,24,28,30,58H,4-21,23,25-27,29,31-57H2,1-3H3/b24-22-,30-28-. The van der Waals surface area contributed by atoms with E-state index in [0.717, 1.165) is 64.2 Å². The minimum Gasteiger partial charge on any atom is -0.462 e. The first-order valence-electron chi connectivity index (χ1n) is 29.8. The van der Waals surface area contributed by atoms with Crippen molar-refractivity contribution in [1.82, 2.24) is 0 Å². The highest BCUT2D eigenvalue weighted by molar-refractivity contribution is 5.71. The first-order chi connectivity index (χ1) is 33.0. The molecule has 6 heteroatoms. The second-order valence-electron chi connectivity index (χ2n) is 20.3. The van der Waals surface area contributed by atoms with Crippen LogP contribution >= 0.6 is 0 Å². The van der Waals surface area contributed by atoms with Crippen LogP contribution in [0.15, 0.2) is 24.3 Å². The van der Waals surface area contributed by atoms with Crippen LogP contribution in [0.2, 0.25) is 0 Å². The van der Waals surface area contributed by atoms with Gasteiger partial charge in [-0.15, -0.1) is 0 Å². The van der Waals surface area contributed by atoms with Gasteiger partial charge in [-0.1, -0.05) is 283 Å². The van der Waals surface area contributed by atoms with Crippen molar-refractivity contribution in [3.63, 3.8) is 0 Å². The van der Waals surface area contributed by atoms with E-state index in [4.69, 9.17) is 14.2 Å². The Morgan fingerprint density at radius 3 is 0.821 bits per heavy atom. The Labute approximate surface area is 417 Å². The Morgan fingerprint density at radius 2 is 0.537 bits per heavy atom. The lowest BCUT2D eigenvalue weighted by molar-refractivity contribution is -0.167. The molecule has 0 N–H and O–H groups in total. The summed E-state index contributed by atoms with van der Waals surface area (Å²) < 4.78 is 16.9. The Kier molecular flexibility index (Phi) is 54.7. The van der Waals surface area contributed by atoms with E-state index in [1.807, 2.05) is 0 Å². The smallest absolute Gasteiger partial charge is 0.306 e. The fourth-order valence-electron chi connectivity index (χ4n) is 8.95. The quantitative estimate of drug-likeness (QED) is 0.0262. The number of ether oxygens (including phenoxy) is 3. The van der Waals surface area contributed by atoms with Crippen LogP contribution in [0.1, 0.15) is 329 Å². The predicted octanol–water partition coefficient (Wildman–Crippen LogP) is 19.9. The van der Waals surface area contributed by atoms with Crippen LogP contribution in [0.25, 0.3) is 0 Å². The van der Waals surface area contributed by atoms with E-state index in [9.17, 15) is 14.4 Å². The summed E-state index contributed by atoms with van der Waals surface area (Å²) in [5.41, 5.74) is 0. The van der Waals surface area contributed by atoms with Crippen molar-refractivity contribution in [2.45, 2.75) is 335 Å². The summed E-state index contributed by atoms with van der Waals surface area (Å²) >= 11 is 0. The molecular formula is C61H114O6. The fourth-order valence-corrected chi connectivity index (χ4v) is 8.95. The van der Waals surface area contributed by atoms with Gasteiger partial charge in [-0.05, 0) is 51.4 Å². The van der Waals surface area contributed by atoms with Gasteiger partial charge in [-0.3, -0.25) is 14.4 Å². The van der Waals surface area contributed by atoms with Gasteiger partial charge in [0, 0.05) is 19.3 Å². The molecule has 0 aromatic rings. The zero-order valence-corrected chi connectivity index (χ0v) is 45.2. The lowest BCUT2D eigenvalue weighted by Crippen LogP contribution is -2.30. The van der Waals surface area contributed by atoms with E-state index in [-0.39, 0.29) is 31.1 Å². The molecule has 0 fully saturated rings. The van der Waals surface area contributed by atoms with Crippen LogP contribution < -0.4 is 0 Å². The third kappa shape index (κ3) is 54.7. The Morgan fingerprint density at radius 1 is 0.299 bits per heavy atom. The molecule has 0 radical (unpaired) electrons. The molecule has 0 rings (SSSR count). The van der Waals surface area contributed by atoms with Crippen molar-refractivity contribution in [1.29, 1.82) is 0 Å². The van der Waals surface area contributed by atoms with Crippen molar-refractivity contribution in [2.75, 3.05) is 13.2 Å². The van der Waals surface area contributed by atoms with Gasteiger partial charge in [-0.25, -0.2) is 0 Å². The molecule has 0 spiro atoms. The Hall–Kier alpha value is -2.11. The largest absolute Gasteiger partial charge is 0.462 e. The van der Waals surface area contributed by atoms with E-state index in [1.54, 1.807) is 0 Å². The molecule has 67 heavy (non-hydrogen) atoms. The number of rotatable bonds is 55. The van der Waals surface area contributed by atoms with Crippen molar-refractivity contribution in [2.24, 2.45) is 0 Å². The molecule has 0 heterocycles. The predicted molar refractivity (Wildman–Crippen MR) is 289 cm³/mol. The maximum Gasteiger partial charge on any atom is 0.306 e. The summed E-state index contributed by atoms with van der Waals surface area (Å²) in [5.74, 6) is -0.851. The van der Waals surface area contributed by atoms with Crippen LogP contribution in [0.3, 0.4) is 0 Å². The Balaban J connectivity index is 4.24. The van der Waals surface area contributed by atoms with E-state index >= 15 is 0 Å². The van der Waals surface area contributed by atoms with Crippen molar-refractivity contribution >= 4 is 17.9 Å². The van der Waals surface area contributed by atoms with Crippen LogP contribution in [-0.2, 0) is 28.6 Å². The molecule has 1 atom stereocenters. The molecular weight excluding hydrogens is 829 g/mol. The molecule has 0 aliphatic rings. The number of allylic oxidation sites excluding steroid dienone is 4. The van der Waals surface area contributed by atoms with Gasteiger partial charge >= 0.3 is 17.9 Å². The zero-order chi connectivity index (χ0) is 48.6. The van der Waals surface area contributed by atoms with Crippen molar-refractivity contribution < 1.29 is 28.6 Å². The number of carbonyl (C=O) groups excluding carboxylic acids is 3. The molecule has 394 valence electrons. The number of unbranched alkanes of at least 4 members (excludes halogenated alkanes) is 40. The third-order valence-electron chi connectivity index (χ3n) is 13.5. The molecule has 0 saturated heterocycles. The lowest BCUT2D eigenvalue weighted by Gasteiger charge is -2.18. The minimum absolute atomic E-state index is 0.0671. The van der Waals surface area contributed by atoms with E-state index in [1.165, 1.54) is 225 Å². The molecule has 0 aromatic carbocycles. The van der Waals surface area contributed by atoms with Crippen molar-refractivity contribution in [3.8, 4) is 0 Å². The number of hydrogen-bond acceptors (Lipinski definition) is 6. The second kappa shape index (κ2) is 56.5. The summed E-state index contributed by atoms with van der Waals surface area (Å²) in [6.45, 7) is 6.67. The normalized spacial score (nSPS) is 12.1. The van der Waals surface area contributed by atoms with Gasteiger partial charge in [-0.2, -0.15) is 0 Å². The molecule has 6 nitrogen and oxygen atoms in total. The molecule has 0 aromatic heterocycles. The highest BCUT2D eigenvalue weighted by atomic mass is 16.6. The topological polar surface area (TPSA) is 78.9 Å². The van der Waals surface area contributed by atoms with Crippen LogP contribution in [0.4, 0.5) is 0 Å². The maximum atomic E-state index is 12.9. The molecule has 0 saturated carbocycles. The monoisotopic (exact) mass is 943 g/mol. The second-order valence-corrected chi connectivity index (χ2v) is 20.3. The molecule has 0 aliphatic heterocycles. The van der Waals surface area contributed by atoms with Crippen LogP contribution in [0, 0.1) is 0 Å². The average molecular weight is 944 g/mol. The molecule has 1 unspecified atom stereocenters.